The van der Waals surface area contributed by atoms with E-state index in [-0.39, 0.29) is 11.9 Å². The molecule has 1 aliphatic rings. The van der Waals surface area contributed by atoms with Crippen molar-refractivity contribution in [2.45, 2.75) is 18.9 Å². The van der Waals surface area contributed by atoms with E-state index in [0.29, 0.717) is 10.6 Å². The van der Waals surface area contributed by atoms with Gasteiger partial charge in [-0.3, -0.25) is 0 Å². The minimum Gasteiger partial charge on any atom is -0.349 e. The van der Waals surface area contributed by atoms with Crippen molar-refractivity contribution in [1.29, 1.82) is 0 Å². The molecular weight excluding hydrogens is 383 g/mol. The molecular formula is C16H13BrClFN4. The molecule has 3 aromatic rings. The van der Waals surface area contributed by atoms with E-state index in [9.17, 15) is 4.39 Å². The number of rotatable bonds is 2. The Labute approximate surface area is 146 Å². The minimum absolute atomic E-state index is 0.0506. The molecule has 1 atom stereocenters. The van der Waals surface area contributed by atoms with Gasteiger partial charge >= 0.3 is 0 Å². The van der Waals surface area contributed by atoms with E-state index in [1.165, 1.54) is 6.07 Å². The van der Waals surface area contributed by atoms with E-state index in [4.69, 9.17) is 11.6 Å². The summed E-state index contributed by atoms with van der Waals surface area (Å²) in [5.74, 6) is 0.596. The molecule has 0 N–H and O–H groups in total. The molecule has 4 rings (SSSR count). The number of hydrogen-bond donors (Lipinski definition) is 0. The molecule has 0 spiro atoms. The van der Waals surface area contributed by atoms with Crippen molar-refractivity contribution in [3.8, 4) is 0 Å². The largest absolute Gasteiger partial charge is 0.349 e. The molecule has 0 radical (unpaired) electrons. The lowest BCUT2D eigenvalue weighted by Crippen LogP contribution is -2.24. The second-order valence-electron chi connectivity index (χ2n) is 5.56. The highest BCUT2D eigenvalue weighted by molar-refractivity contribution is 9.10. The van der Waals surface area contributed by atoms with Crippen LogP contribution in [-0.4, -0.2) is 21.1 Å². The Morgan fingerprint density at radius 2 is 2.17 bits per heavy atom. The first-order chi connectivity index (χ1) is 11.1. The van der Waals surface area contributed by atoms with Crippen molar-refractivity contribution in [1.82, 2.24) is 14.6 Å². The Bertz CT molecular complexity index is 882. The molecule has 1 saturated heterocycles. The molecule has 0 bridgehead atoms. The van der Waals surface area contributed by atoms with Gasteiger partial charge in [0.2, 0.25) is 0 Å². The van der Waals surface area contributed by atoms with E-state index < -0.39 is 0 Å². The van der Waals surface area contributed by atoms with Gasteiger partial charge in [-0.2, -0.15) is 5.10 Å². The van der Waals surface area contributed by atoms with Gasteiger partial charge in [-0.05, 0) is 53.0 Å². The van der Waals surface area contributed by atoms with E-state index in [1.54, 1.807) is 22.8 Å². The summed E-state index contributed by atoms with van der Waals surface area (Å²) < 4.78 is 16.8. The number of fused-ring (bicyclic) bond motifs is 1. The molecule has 23 heavy (non-hydrogen) atoms. The monoisotopic (exact) mass is 394 g/mol. The highest BCUT2D eigenvalue weighted by Crippen LogP contribution is 2.37. The summed E-state index contributed by atoms with van der Waals surface area (Å²) in [5.41, 5.74) is 1.38. The summed E-state index contributed by atoms with van der Waals surface area (Å²) in [7, 11) is 0. The Balaban J connectivity index is 1.76. The zero-order valence-electron chi connectivity index (χ0n) is 12.1. The van der Waals surface area contributed by atoms with Crippen LogP contribution in [0.15, 0.2) is 41.1 Å². The van der Waals surface area contributed by atoms with Gasteiger partial charge in [0, 0.05) is 23.3 Å². The third kappa shape index (κ3) is 2.60. The number of halogens is 3. The van der Waals surface area contributed by atoms with Crippen LogP contribution in [0.3, 0.4) is 0 Å². The Morgan fingerprint density at radius 3 is 3.04 bits per heavy atom. The van der Waals surface area contributed by atoms with Crippen LogP contribution in [0.4, 0.5) is 10.2 Å². The van der Waals surface area contributed by atoms with Gasteiger partial charge in [-0.1, -0.05) is 11.6 Å². The summed E-state index contributed by atoms with van der Waals surface area (Å²) in [4.78, 5) is 6.80. The summed E-state index contributed by atoms with van der Waals surface area (Å²) in [6.07, 6.45) is 5.45. The number of anilines is 1. The van der Waals surface area contributed by atoms with Crippen molar-refractivity contribution >= 4 is 39.0 Å². The molecule has 0 aliphatic carbocycles. The van der Waals surface area contributed by atoms with Crippen molar-refractivity contribution in [2.24, 2.45) is 0 Å². The van der Waals surface area contributed by atoms with Crippen molar-refractivity contribution < 1.29 is 4.39 Å². The van der Waals surface area contributed by atoms with Crippen LogP contribution >= 0.6 is 27.5 Å². The summed E-state index contributed by atoms with van der Waals surface area (Å²) in [5, 5.41) is 4.75. The van der Waals surface area contributed by atoms with Crippen LogP contribution < -0.4 is 4.90 Å². The number of nitrogens with zero attached hydrogens (tertiary/aromatic N) is 4. The SMILES string of the molecule is Fc1ccc(Cl)cc1[C@H]1CCCN1c1ccn2ncc(Br)c2n1. The van der Waals surface area contributed by atoms with E-state index in [1.807, 2.05) is 12.3 Å². The van der Waals surface area contributed by atoms with E-state index >= 15 is 0 Å². The fourth-order valence-electron chi connectivity index (χ4n) is 3.13. The number of benzene rings is 1. The Kier molecular flexibility index (Phi) is 3.73. The molecule has 2 aromatic heterocycles. The second kappa shape index (κ2) is 5.76. The quantitative estimate of drug-likeness (QED) is 0.634. The molecule has 0 saturated carbocycles. The van der Waals surface area contributed by atoms with Crippen LogP contribution in [0, 0.1) is 5.82 Å². The lowest BCUT2D eigenvalue weighted by atomic mass is 10.0. The van der Waals surface area contributed by atoms with Crippen LogP contribution in [0.5, 0.6) is 0 Å². The predicted octanol–water partition coefficient (Wildman–Crippen LogP) is 4.63. The smallest absolute Gasteiger partial charge is 0.171 e. The van der Waals surface area contributed by atoms with Gasteiger partial charge in [0.25, 0.3) is 0 Å². The molecule has 118 valence electrons. The first-order valence-electron chi connectivity index (χ1n) is 7.35. The maximum absolute atomic E-state index is 14.3. The summed E-state index contributed by atoms with van der Waals surface area (Å²) in [6, 6.07) is 6.58. The number of aromatic nitrogens is 3. The lowest BCUT2D eigenvalue weighted by Gasteiger charge is -2.26. The first kappa shape index (κ1) is 14.9. The van der Waals surface area contributed by atoms with Gasteiger partial charge in [0.1, 0.15) is 11.6 Å². The predicted molar refractivity (Wildman–Crippen MR) is 91.4 cm³/mol. The third-order valence-corrected chi connectivity index (χ3v) is 4.97. The lowest BCUT2D eigenvalue weighted by molar-refractivity contribution is 0.579. The normalized spacial score (nSPS) is 18.0. The van der Waals surface area contributed by atoms with Crippen LogP contribution in [-0.2, 0) is 0 Å². The maximum Gasteiger partial charge on any atom is 0.171 e. The van der Waals surface area contributed by atoms with E-state index in [2.05, 4.69) is 30.9 Å². The average molecular weight is 396 g/mol. The van der Waals surface area contributed by atoms with Crippen molar-refractivity contribution in [3.05, 3.63) is 57.5 Å². The minimum atomic E-state index is -0.224. The van der Waals surface area contributed by atoms with Crippen LogP contribution in [0.25, 0.3) is 5.65 Å². The summed E-state index contributed by atoms with van der Waals surface area (Å²) in [6.45, 7) is 0.839. The molecule has 1 aromatic carbocycles. The Hall–Kier alpha value is -1.66. The van der Waals surface area contributed by atoms with Gasteiger partial charge in [0.05, 0.1) is 16.7 Å². The molecule has 3 heterocycles. The molecule has 1 aliphatic heterocycles. The first-order valence-corrected chi connectivity index (χ1v) is 8.52. The molecule has 0 unspecified atom stereocenters. The van der Waals surface area contributed by atoms with Gasteiger partial charge < -0.3 is 4.90 Å². The molecule has 1 fully saturated rings. The van der Waals surface area contributed by atoms with Crippen LogP contribution in [0.1, 0.15) is 24.4 Å². The zero-order valence-corrected chi connectivity index (χ0v) is 14.4. The highest BCUT2D eigenvalue weighted by atomic mass is 79.9. The van der Waals surface area contributed by atoms with Gasteiger partial charge in [0.15, 0.2) is 5.65 Å². The molecule has 4 nitrogen and oxygen atoms in total. The average Bonchev–Trinajstić information content (AvgIpc) is 3.17. The standard InChI is InChI=1S/C16H13BrClFN4/c17-12-9-20-23-7-5-15(21-16(12)23)22-6-1-2-14(22)11-8-10(18)3-4-13(11)19/h3-5,7-9,14H,1-2,6H2/t14-/m1/s1. The van der Waals surface area contributed by atoms with Crippen molar-refractivity contribution in [2.75, 3.05) is 11.4 Å². The Morgan fingerprint density at radius 1 is 1.30 bits per heavy atom. The molecule has 7 heteroatoms. The maximum atomic E-state index is 14.3. The highest BCUT2D eigenvalue weighted by Gasteiger charge is 2.29. The fourth-order valence-corrected chi connectivity index (χ4v) is 3.67. The van der Waals surface area contributed by atoms with Gasteiger partial charge in [-0.25, -0.2) is 13.9 Å². The van der Waals surface area contributed by atoms with Gasteiger partial charge in [-0.15, -0.1) is 0 Å². The van der Waals surface area contributed by atoms with Crippen LogP contribution in [0.2, 0.25) is 5.02 Å². The second-order valence-corrected chi connectivity index (χ2v) is 6.85. The fraction of sp³-hybridized carbons (Fsp3) is 0.250. The number of hydrogen-bond acceptors (Lipinski definition) is 3. The molecule has 0 amide bonds. The summed E-state index contributed by atoms with van der Waals surface area (Å²) >= 11 is 9.50. The zero-order chi connectivity index (χ0) is 16.0. The third-order valence-electron chi connectivity index (χ3n) is 4.18. The van der Waals surface area contributed by atoms with E-state index in [0.717, 1.165) is 35.3 Å². The van der Waals surface area contributed by atoms with Crippen molar-refractivity contribution in [3.63, 3.8) is 0 Å². The topological polar surface area (TPSA) is 33.4 Å².